The number of nitrogens with one attached hydrogen (secondary N) is 2. The lowest BCUT2D eigenvalue weighted by molar-refractivity contribution is -0.181. The van der Waals surface area contributed by atoms with Crippen molar-refractivity contribution in [3.05, 3.63) is 24.2 Å². The van der Waals surface area contributed by atoms with Crippen LogP contribution in [0.1, 0.15) is 19.7 Å². The van der Waals surface area contributed by atoms with E-state index in [0.29, 0.717) is 56.1 Å². The highest BCUT2D eigenvalue weighted by atomic mass is 127. The van der Waals surface area contributed by atoms with E-state index in [1.807, 2.05) is 11.8 Å². The Kier molecular flexibility index (Phi) is 8.31. The van der Waals surface area contributed by atoms with Crippen LogP contribution in [-0.2, 0) is 6.54 Å². The highest BCUT2D eigenvalue weighted by molar-refractivity contribution is 14.0. The van der Waals surface area contributed by atoms with Crippen molar-refractivity contribution in [1.29, 1.82) is 0 Å². The Morgan fingerprint density at radius 3 is 2.66 bits per heavy atom. The topological polar surface area (TPSA) is 85.6 Å². The van der Waals surface area contributed by atoms with Gasteiger partial charge in [-0.1, -0.05) is 0 Å². The zero-order valence-electron chi connectivity index (χ0n) is 16.2. The van der Waals surface area contributed by atoms with Gasteiger partial charge < -0.3 is 14.6 Å². The van der Waals surface area contributed by atoms with E-state index in [1.54, 1.807) is 18.4 Å². The molecule has 1 aliphatic rings. The SMILES string of the molecule is CCNC(=NCc1nc(-c2ccco2)n[nH]1)N1CCN(C(C)C(F)(F)F)CC1.I. The van der Waals surface area contributed by atoms with E-state index in [9.17, 15) is 13.2 Å². The third kappa shape index (κ3) is 6.07. The highest BCUT2D eigenvalue weighted by Gasteiger charge is 2.41. The van der Waals surface area contributed by atoms with Crippen LogP contribution in [0.3, 0.4) is 0 Å². The van der Waals surface area contributed by atoms with E-state index in [0.717, 1.165) is 0 Å². The summed E-state index contributed by atoms with van der Waals surface area (Å²) in [5.41, 5.74) is 0. The molecule has 1 unspecified atom stereocenters. The molecule has 2 N–H and O–H groups in total. The standard InChI is InChI=1S/C17H24F3N7O.HI/c1-3-21-16(27-8-6-26(7-9-27)12(2)17(18,19)20)22-11-14-23-15(25-24-14)13-5-4-10-28-13;/h4-5,10,12H,3,6-9,11H2,1-2H3,(H,21,22)(H,23,24,25);1H. The molecule has 3 rings (SSSR count). The second-order valence-corrected chi connectivity index (χ2v) is 6.49. The number of hydrogen-bond acceptors (Lipinski definition) is 5. The van der Waals surface area contributed by atoms with E-state index < -0.39 is 12.2 Å². The summed E-state index contributed by atoms with van der Waals surface area (Å²) in [7, 11) is 0. The number of halogens is 4. The lowest BCUT2D eigenvalue weighted by Crippen LogP contribution is -2.56. The first kappa shape index (κ1) is 23.4. The third-order valence-corrected chi connectivity index (χ3v) is 4.62. The molecule has 29 heavy (non-hydrogen) atoms. The zero-order valence-corrected chi connectivity index (χ0v) is 18.6. The molecule has 2 aromatic rings. The number of hydrogen-bond donors (Lipinski definition) is 2. The second kappa shape index (κ2) is 10.3. The van der Waals surface area contributed by atoms with Gasteiger partial charge in [0.25, 0.3) is 0 Å². The number of furan rings is 1. The van der Waals surface area contributed by atoms with Gasteiger partial charge in [-0.05, 0) is 26.0 Å². The summed E-state index contributed by atoms with van der Waals surface area (Å²) >= 11 is 0. The molecule has 0 spiro atoms. The van der Waals surface area contributed by atoms with Gasteiger partial charge in [-0.15, -0.1) is 29.1 Å². The molecule has 1 fully saturated rings. The van der Waals surface area contributed by atoms with Crippen molar-refractivity contribution in [1.82, 2.24) is 30.3 Å². The van der Waals surface area contributed by atoms with Gasteiger partial charge in [0.1, 0.15) is 18.4 Å². The predicted molar refractivity (Wildman–Crippen MR) is 113 cm³/mol. The van der Waals surface area contributed by atoms with Gasteiger partial charge in [0, 0.05) is 32.7 Å². The second-order valence-electron chi connectivity index (χ2n) is 6.49. The molecular weight excluding hydrogens is 502 g/mol. The molecule has 2 aromatic heterocycles. The number of nitrogens with zero attached hydrogens (tertiary/aromatic N) is 5. The Bertz CT molecular complexity index is 770. The minimum Gasteiger partial charge on any atom is -0.461 e. The summed E-state index contributed by atoms with van der Waals surface area (Å²) < 4.78 is 44.0. The molecule has 162 valence electrons. The first-order valence-electron chi connectivity index (χ1n) is 9.17. The normalized spacial score (nSPS) is 17.1. The number of aliphatic imine (C=N–C) groups is 1. The molecule has 0 saturated carbocycles. The van der Waals surface area contributed by atoms with Crippen LogP contribution in [-0.4, -0.2) is 75.9 Å². The maximum Gasteiger partial charge on any atom is 0.403 e. The van der Waals surface area contributed by atoms with Crippen LogP contribution in [0.4, 0.5) is 13.2 Å². The maximum atomic E-state index is 12.9. The minimum absolute atomic E-state index is 0. The van der Waals surface area contributed by atoms with Gasteiger partial charge in [-0.25, -0.2) is 9.98 Å². The van der Waals surface area contributed by atoms with Gasteiger partial charge in [0.15, 0.2) is 11.7 Å². The van der Waals surface area contributed by atoms with Crippen molar-refractivity contribution < 1.29 is 17.6 Å². The lowest BCUT2D eigenvalue weighted by Gasteiger charge is -2.39. The molecule has 0 bridgehead atoms. The monoisotopic (exact) mass is 527 g/mol. The van der Waals surface area contributed by atoms with E-state index >= 15 is 0 Å². The zero-order chi connectivity index (χ0) is 20.1. The van der Waals surface area contributed by atoms with Crippen molar-refractivity contribution in [2.45, 2.75) is 32.6 Å². The van der Waals surface area contributed by atoms with Crippen LogP contribution < -0.4 is 5.32 Å². The molecule has 0 aliphatic carbocycles. The molecule has 0 radical (unpaired) electrons. The summed E-state index contributed by atoms with van der Waals surface area (Å²) in [6.45, 7) is 5.68. The van der Waals surface area contributed by atoms with E-state index in [4.69, 9.17) is 4.42 Å². The van der Waals surface area contributed by atoms with E-state index in [1.165, 1.54) is 11.8 Å². The van der Waals surface area contributed by atoms with Crippen molar-refractivity contribution in [2.24, 2.45) is 4.99 Å². The number of alkyl halides is 3. The fraction of sp³-hybridized carbons (Fsp3) is 0.588. The molecule has 0 aromatic carbocycles. The van der Waals surface area contributed by atoms with Gasteiger partial charge >= 0.3 is 6.18 Å². The highest BCUT2D eigenvalue weighted by Crippen LogP contribution is 2.25. The van der Waals surface area contributed by atoms with Crippen LogP contribution in [0.15, 0.2) is 27.8 Å². The average molecular weight is 527 g/mol. The van der Waals surface area contributed by atoms with Crippen molar-refractivity contribution in [2.75, 3.05) is 32.7 Å². The molecular formula is C17H25F3IN7O. The Balaban J connectivity index is 0.00000300. The lowest BCUT2D eigenvalue weighted by atomic mass is 10.2. The number of piperazine rings is 1. The Hall–Kier alpha value is -1.83. The van der Waals surface area contributed by atoms with Crippen molar-refractivity contribution in [3.63, 3.8) is 0 Å². The van der Waals surface area contributed by atoms with Crippen LogP contribution in [0.5, 0.6) is 0 Å². The number of guanidine groups is 1. The molecule has 12 heteroatoms. The van der Waals surface area contributed by atoms with E-state index in [2.05, 4.69) is 25.5 Å². The predicted octanol–water partition coefficient (Wildman–Crippen LogP) is 2.72. The Morgan fingerprint density at radius 1 is 1.34 bits per heavy atom. The summed E-state index contributed by atoms with van der Waals surface area (Å²) in [5.74, 6) is 2.24. The molecule has 1 aliphatic heterocycles. The number of aromatic amines is 1. The first-order chi connectivity index (χ1) is 13.4. The molecule has 0 amide bonds. The van der Waals surface area contributed by atoms with Gasteiger partial charge in [-0.3, -0.25) is 10.00 Å². The van der Waals surface area contributed by atoms with Crippen molar-refractivity contribution >= 4 is 29.9 Å². The summed E-state index contributed by atoms with van der Waals surface area (Å²) in [6, 6.07) is 2.08. The average Bonchev–Trinajstić information content (AvgIpc) is 3.35. The van der Waals surface area contributed by atoms with Gasteiger partial charge in [0.05, 0.1) is 6.26 Å². The summed E-state index contributed by atoms with van der Waals surface area (Å²) in [6.07, 6.45) is -2.66. The van der Waals surface area contributed by atoms with Crippen LogP contribution in [0, 0.1) is 0 Å². The fourth-order valence-electron chi connectivity index (χ4n) is 2.99. The van der Waals surface area contributed by atoms with Crippen molar-refractivity contribution in [3.8, 4) is 11.6 Å². The van der Waals surface area contributed by atoms with Crippen LogP contribution in [0.25, 0.3) is 11.6 Å². The quantitative estimate of drug-likeness (QED) is 0.354. The fourth-order valence-corrected chi connectivity index (χ4v) is 2.99. The summed E-state index contributed by atoms with van der Waals surface area (Å²) in [5, 5.41) is 10.1. The number of aromatic nitrogens is 3. The smallest absolute Gasteiger partial charge is 0.403 e. The number of rotatable bonds is 5. The largest absolute Gasteiger partial charge is 0.461 e. The molecule has 1 atom stereocenters. The van der Waals surface area contributed by atoms with Gasteiger partial charge in [0.2, 0.25) is 5.82 Å². The van der Waals surface area contributed by atoms with Gasteiger partial charge in [-0.2, -0.15) is 13.2 Å². The minimum atomic E-state index is -4.21. The van der Waals surface area contributed by atoms with Crippen LogP contribution >= 0.6 is 24.0 Å². The Morgan fingerprint density at radius 2 is 2.07 bits per heavy atom. The van der Waals surface area contributed by atoms with Crippen LogP contribution in [0.2, 0.25) is 0 Å². The number of H-pyrrole nitrogens is 1. The maximum absolute atomic E-state index is 12.9. The Labute approximate surface area is 184 Å². The molecule has 3 heterocycles. The molecule has 1 saturated heterocycles. The summed E-state index contributed by atoms with van der Waals surface area (Å²) in [4.78, 5) is 12.3. The van der Waals surface area contributed by atoms with E-state index in [-0.39, 0.29) is 30.5 Å². The third-order valence-electron chi connectivity index (χ3n) is 4.62. The molecule has 8 nitrogen and oxygen atoms in total. The first-order valence-corrected chi connectivity index (χ1v) is 9.17.